The summed E-state index contributed by atoms with van der Waals surface area (Å²) in [5.74, 6) is -0.434. The molecule has 28 heavy (non-hydrogen) atoms. The van der Waals surface area contributed by atoms with Crippen LogP contribution in [0, 0.1) is 0 Å². The van der Waals surface area contributed by atoms with E-state index in [1.807, 2.05) is 13.8 Å². The van der Waals surface area contributed by atoms with Gasteiger partial charge < -0.3 is 10.8 Å². The highest BCUT2D eigenvalue weighted by Crippen LogP contribution is 2.32. The normalized spacial score (nSPS) is 11.5. The number of benzene rings is 1. The number of anilines is 1. The highest BCUT2D eigenvalue weighted by atomic mass is 79.9. The highest BCUT2D eigenvalue weighted by Gasteiger charge is 2.25. The third-order valence-corrected chi connectivity index (χ3v) is 4.79. The maximum Gasteiger partial charge on any atom is 0.293 e. The second-order valence-corrected chi connectivity index (χ2v) is 7.60. The first kappa shape index (κ1) is 19.9. The number of hydrogen-bond acceptors (Lipinski definition) is 9. The van der Waals surface area contributed by atoms with E-state index >= 15 is 0 Å². The molecule has 0 fully saturated rings. The first-order valence-corrected chi connectivity index (χ1v) is 9.43. The Hall–Kier alpha value is -2.80. The summed E-state index contributed by atoms with van der Waals surface area (Å²) in [6.07, 6.45) is 1.42. The molecule has 1 aromatic carbocycles. The van der Waals surface area contributed by atoms with Gasteiger partial charge in [0.25, 0.3) is 5.91 Å². The predicted octanol–water partition coefficient (Wildman–Crippen LogP) is 2.35. The van der Waals surface area contributed by atoms with Gasteiger partial charge in [0.15, 0.2) is 5.69 Å². The van der Waals surface area contributed by atoms with Gasteiger partial charge >= 0.3 is 0 Å². The molecule has 0 aliphatic rings. The van der Waals surface area contributed by atoms with Crippen LogP contribution in [-0.2, 0) is 0 Å². The maximum absolute atomic E-state index is 12.5. The number of aromatic hydroxyl groups is 1. The summed E-state index contributed by atoms with van der Waals surface area (Å²) in [5, 5.41) is 28.7. The predicted molar refractivity (Wildman–Crippen MR) is 106 cm³/mol. The van der Waals surface area contributed by atoms with Gasteiger partial charge in [-0.05, 0) is 65.8 Å². The molecule has 0 radical (unpaired) electrons. The number of aromatic nitrogens is 5. The number of halogens is 2. The minimum Gasteiger partial charge on any atom is -0.506 e. The van der Waals surface area contributed by atoms with Crippen LogP contribution >= 0.6 is 31.9 Å². The zero-order chi connectivity index (χ0) is 20.4. The fraction of sp³-hybridized carbons (Fsp3) is 0.200. The summed E-state index contributed by atoms with van der Waals surface area (Å²) >= 11 is 6.46. The van der Waals surface area contributed by atoms with Crippen molar-refractivity contribution in [2.75, 3.05) is 5.73 Å². The van der Waals surface area contributed by atoms with E-state index in [1.54, 1.807) is 12.1 Å². The lowest BCUT2D eigenvalue weighted by atomic mass is 10.1. The van der Waals surface area contributed by atoms with Gasteiger partial charge in [0.2, 0.25) is 11.6 Å². The lowest BCUT2D eigenvalue weighted by Gasteiger charge is -2.08. The average molecular weight is 514 g/mol. The monoisotopic (exact) mass is 512 g/mol. The molecule has 11 nitrogen and oxygen atoms in total. The van der Waals surface area contributed by atoms with Crippen LogP contribution in [0.2, 0.25) is 0 Å². The fourth-order valence-corrected chi connectivity index (χ4v) is 3.56. The zero-order valence-electron chi connectivity index (χ0n) is 14.6. The summed E-state index contributed by atoms with van der Waals surface area (Å²) < 4.78 is 6.86. The van der Waals surface area contributed by atoms with Gasteiger partial charge in [0, 0.05) is 0 Å². The number of hydrazone groups is 1. The van der Waals surface area contributed by atoms with Crippen molar-refractivity contribution in [2.45, 2.75) is 19.8 Å². The molecule has 13 heteroatoms. The molecule has 3 rings (SSSR count). The summed E-state index contributed by atoms with van der Waals surface area (Å²) in [4.78, 5) is 12.5. The molecular weight excluding hydrogens is 500 g/mol. The summed E-state index contributed by atoms with van der Waals surface area (Å²) in [5.41, 5.74) is 9.29. The standard InChI is InChI=1S/C15H14Br2N8O3/c1-6(2)11-10(20-24-25(11)14-13(18)22-28-23-14)15(27)21-19-5-7-3-8(16)12(26)9(17)4-7/h3-6,26H,1-2H3,(H2,18,22)(H,21,27). The van der Waals surface area contributed by atoms with E-state index in [2.05, 4.69) is 67.6 Å². The number of carbonyl (C=O) groups is 1. The first-order chi connectivity index (χ1) is 13.3. The van der Waals surface area contributed by atoms with Crippen LogP contribution in [0.15, 0.2) is 30.8 Å². The molecule has 0 bridgehead atoms. The SMILES string of the molecule is CC(C)c1c(C(=O)NN=Cc2cc(Br)c(O)c(Br)c2)nnn1-c1nonc1N. The van der Waals surface area contributed by atoms with Crippen LogP contribution in [0.25, 0.3) is 5.82 Å². The Morgan fingerprint density at radius 1 is 1.36 bits per heavy atom. The van der Waals surface area contributed by atoms with Crippen molar-refractivity contribution in [3.63, 3.8) is 0 Å². The molecule has 0 aliphatic carbocycles. The van der Waals surface area contributed by atoms with Gasteiger partial charge in [-0.1, -0.05) is 19.1 Å². The molecule has 1 amide bonds. The van der Waals surface area contributed by atoms with E-state index in [0.717, 1.165) is 0 Å². The minimum absolute atomic E-state index is 0.0280. The van der Waals surface area contributed by atoms with E-state index in [0.29, 0.717) is 20.2 Å². The average Bonchev–Trinajstić information content (AvgIpc) is 3.25. The number of nitrogens with one attached hydrogen (secondary N) is 1. The molecule has 0 saturated heterocycles. The molecule has 3 aromatic rings. The number of nitrogen functional groups attached to an aromatic ring is 1. The Labute approximate surface area is 175 Å². The van der Waals surface area contributed by atoms with E-state index in [9.17, 15) is 9.90 Å². The largest absolute Gasteiger partial charge is 0.506 e. The summed E-state index contributed by atoms with van der Waals surface area (Å²) in [6.45, 7) is 3.73. The van der Waals surface area contributed by atoms with Crippen molar-refractivity contribution in [3.05, 3.63) is 38.0 Å². The van der Waals surface area contributed by atoms with Gasteiger partial charge in [-0.2, -0.15) is 9.78 Å². The number of carbonyl (C=O) groups excluding carboxylic acids is 1. The molecule has 2 aromatic heterocycles. The van der Waals surface area contributed by atoms with Crippen molar-refractivity contribution < 1.29 is 14.5 Å². The number of rotatable bonds is 5. The molecule has 0 atom stereocenters. The van der Waals surface area contributed by atoms with Gasteiger partial charge in [-0.25, -0.2) is 10.1 Å². The van der Waals surface area contributed by atoms with Crippen LogP contribution in [0.4, 0.5) is 5.82 Å². The van der Waals surface area contributed by atoms with Gasteiger partial charge in [0.05, 0.1) is 20.9 Å². The lowest BCUT2D eigenvalue weighted by Crippen LogP contribution is -2.21. The Morgan fingerprint density at radius 3 is 2.61 bits per heavy atom. The Bertz CT molecular complexity index is 1040. The maximum atomic E-state index is 12.5. The van der Waals surface area contributed by atoms with Crippen LogP contribution < -0.4 is 11.2 Å². The zero-order valence-corrected chi connectivity index (χ0v) is 17.8. The summed E-state index contributed by atoms with van der Waals surface area (Å²) in [7, 11) is 0. The number of hydrogen-bond donors (Lipinski definition) is 3. The van der Waals surface area contributed by atoms with Crippen molar-refractivity contribution in [1.29, 1.82) is 0 Å². The number of phenols is 1. The second kappa shape index (κ2) is 8.06. The van der Waals surface area contributed by atoms with Crippen LogP contribution in [0.1, 0.15) is 41.5 Å². The number of phenolic OH excluding ortho intramolecular Hbond substituents is 1. The van der Waals surface area contributed by atoms with Crippen LogP contribution in [-0.4, -0.2) is 42.5 Å². The van der Waals surface area contributed by atoms with Gasteiger partial charge in [0.1, 0.15) is 5.75 Å². The van der Waals surface area contributed by atoms with E-state index in [-0.39, 0.29) is 29.0 Å². The van der Waals surface area contributed by atoms with Crippen LogP contribution in [0.3, 0.4) is 0 Å². The minimum atomic E-state index is -0.557. The Kier molecular flexibility index (Phi) is 5.74. The molecule has 0 aliphatic heterocycles. The van der Waals surface area contributed by atoms with Gasteiger partial charge in [-0.3, -0.25) is 4.79 Å². The van der Waals surface area contributed by atoms with E-state index in [1.165, 1.54) is 10.9 Å². The molecule has 4 N–H and O–H groups in total. The summed E-state index contributed by atoms with van der Waals surface area (Å²) in [6, 6.07) is 3.29. The molecule has 0 saturated carbocycles. The van der Waals surface area contributed by atoms with E-state index < -0.39 is 5.91 Å². The lowest BCUT2D eigenvalue weighted by molar-refractivity contribution is 0.0948. The van der Waals surface area contributed by atoms with Crippen molar-refractivity contribution in [3.8, 4) is 11.6 Å². The molecule has 0 spiro atoms. The van der Waals surface area contributed by atoms with Crippen molar-refractivity contribution in [1.82, 2.24) is 30.7 Å². The third kappa shape index (κ3) is 3.89. The topological polar surface area (TPSA) is 157 Å². The number of amides is 1. The molecule has 0 unspecified atom stereocenters. The van der Waals surface area contributed by atoms with E-state index in [4.69, 9.17) is 5.73 Å². The molecular formula is C15H14Br2N8O3. The quantitative estimate of drug-likeness (QED) is 0.346. The Balaban J connectivity index is 1.83. The number of nitrogens with two attached hydrogens (primary N) is 1. The number of nitrogens with zero attached hydrogens (tertiary/aromatic N) is 6. The van der Waals surface area contributed by atoms with Crippen LogP contribution in [0.5, 0.6) is 5.75 Å². The molecule has 146 valence electrons. The first-order valence-electron chi connectivity index (χ1n) is 7.85. The highest BCUT2D eigenvalue weighted by molar-refractivity contribution is 9.11. The van der Waals surface area contributed by atoms with Crippen molar-refractivity contribution >= 4 is 49.8 Å². The third-order valence-electron chi connectivity index (χ3n) is 3.58. The molecule has 2 heterocycles. The fourth-order valence-electron chi connectivity index (χ4n) is 2.34. The Morgan fingerprint density at radius 2 is 2.04 bits per heavy atom. The second-order valence-electron chi connectivity index (χ2n) is 5.90. The smallest absolute Gasteiger partial charge is 0.293 e. The van der Waals surface area contributed by atoms with Gasteiger partial charge in [-0.15, -0.1) is 5.10 Å². The van der Waals surface area contributed by atoms with Crippen molar-refractivity contribution in [2.24, 2.45) is 5.10 Å².